The first kappa shape index (κ1) is 21.1. The van der Waals surface area contributed by atoms with Crippen LogP contribution < -0.4 is 5.32 Å². The number of nitro groups is 1. The van der Waals surface area contributed by atoms with Gasteiger partial charge in [-0.1, -0.05) is 40.9 Å². The van der Waals surface area contributed by atoms with Crippen molar-refractivity contribution in [3.8, 4) is 0 Å². The van der Waals surface area contributed by atoms with Crippen LogP contribution in [0.2, 0.25) is 15.1 Å². The van der Waals surface area contributed by atoms with Crippen molar-refractivity contribution < 1.29 is 9.72 Å². The molecule has 1 aromatic carbocycles. The second-order valence-corrected chi connectivity index (χ2v) is 7.43. The average molecular weight is 458 g/mol. The van der Waals surface area contributed by atoms with Crippen molar-refractivity contribution in [2.75, 3.05) is 5.32 Å². The second kappa shape index (κ2) is 8.81. The van der Waals surface area contributed by atoms with Crippen LogP contribution in [0.15, 0.2) is 30.6 Å². The fraction of sp³-hybridized carbons (Fsp3) is 0.235. The van der Waals surface area contributed by atoms with Crippen LogP contribution in [0.5, 0.6) is 0 Å². The second-order valence-electron chi connectivity index (χ2n) is 6.18. The predicted molar refractivity (Wildman–Crippen MR) is 110 cm³/mol. The number of benzene rings is 1. The number of carbonyl (C=O) groups is 1. The Hall–Kier alpha value is -2.62. The van der Waals surface area contributed by atoms with Crippen LogP contribution in [0.25, 0.3) is 0 Å². The largest absolute Gasteiger partial charge is 0.309 e. The molecular weight excluding hydrogens is 443 g/mol. The summed E-state index contributed by atoms with van der Waals surface area (Å²) in [6.07, 6.45) is 2.91. The normalized spacial score (nSPS) is 10.9. The van der Waals surface area contributed by atoms with Gasteiger partial charge < -0.3 is 5.32 Å². The Labute approximate surface area is 180 Å². The number of hydrogen-bond acceptors (Lipinski definition) is 5. The highest BCUT2D eigenvalue weighted by Gasteiger charge is 2.16. The van der Waals surface area contributed by atoms with E-state index in [1.807, 2.05) is 0 Å². The lowest BCUT2D eigenvalue weighted by molar-refractivity contribution is -0.385. The lowest BCUT2D eigenvalue weighted by Crippen LogP contribution is -2.15. The minimum atomic E-state index is -0.516. The van der Waals surface area contributed by atoms with Crippen molar-refractivity contribution in [1.82, 2.24) is 19.6 Å². The van der Waals surface area contributed by atoms with E-state index in [0.29, 0.717) is 16.6 Å². The molecular formula is C17H15Cl3N6O3. The first-order valence-electron chi connectivity index (χ1n) is 8.38. The van der Waals surface area contributed by atoms with Gasteiger partial charge in [-0.2, -0.15) is 10.2 Å². The van der Waals surface area contributed by atoms with E-state index in [-0.39, 0.29) is 41.1 Å². The summed E-state index contributed by atoms with van der Waals surface area (Å²) in [6.45, 7) is 2.06. The molecule has 0 bridgehead atoms. The number of nitrogens with one attached hydrogen (secondary N) is 1. The van der Waals surface area contributed by atoms with E-state index in [0.717, 1.165) is 5.56 Å². The highest BCUT2D eigenvalue weighted by atomic mass is 35.5. The first-order chi connectivity index (χ1) is 13.7. The summed E-state index contributed by atoms with van der Waals surface area (Å²) in [6, 6.07) is 5.13. The van der Waals surface area contributed by atoms with Crippen LogP contribution >= 0.6 is 34.8 Å². The van der Waals surface area contributed by atoms with Crippen molar-refractivity contribution in [2.24, 2.45) is 0 Å². The lowest BCUT2D eigenvalue weighted by Gasteiger charge is -2.05. The molecule has 1 N–H and O–H groups in total. The Kier molecular flexibility index (Phi) is 6.41. The van der Waals surface area contributed by atoms with Gasteiger partial charge in [0.1, 0.15) is 16.9 Å². The molecule has 0 radical (unpaired) electrons. The van der Waals surface area contributed by atoms with E-state index >= 15 is 0 Å². The molecule has 2 heterocycles. The van der Waals surface area contributed by atoms with Crippen molar-refractivity contribution in [1.29, 1.82) is 0 Å². The van der Waals surface area contributed by atoms with E-state index in [2.05, 4.69) is 15.5 Å². The van der Waals surface area contributed by atoms with Crippen molar-refractivity contribution in [3.63, 3.8) is 0 Å². The maximum atomic E-state index is 12.2. The maximum Gasteiger partial charge on any atom is 0.309 e. The van der Waals surface area contributed by atoms with Gasteiger partial charge in [0.25, 0.3) is 0 Å². The topological polar surface area (TPSA) is 108 Å². The number of hydrogen-bond donors (Lipinski definition) is 1. The van der Waals surface area contributed by atoms with E-state index < -0.39 is 4.92 Å². The van der Waals surface area contributed by atoms with Crippen LogP contribution in [-0.2, 0) is 17.9 Å². The molecule has 0 unspecified atom stereocenters. The van der Waals surface area contributed by atoms with Gasteiger partial charge in [-0.15, -0.1) is 0 Å². The maximum absolute atomic E-state index is 12.2. The number of aromatic nitrogens is 4. The highest BCUT2D eigenvalue weighted by Crippen LogP contribution is 2.24. The summed E-state index contributed by atoms with van der Waals surface area (Å²) in [5.74, 6) is -0.137. The van der Waals surface area contributed by atoms with Crippen molar-refractivity contribution >= 4 is 52.2 Å². The van der Waals surface area contributed by atoms with Gasteiger partial charge in [0.15, 0.2) is 5.82 Å². The monoisotopic (exact) mass is 456 g/mol. The molecule has 9 nitrogen and oxygen atoms in total. The van der Waals surface area contributed by atoms with Gasteiger partial charge in [0.2, 0.25) is 5.91 Å². The molecule has 0 aliphatic carbocycles. The molecule has 3 rings (SSSR count). The molecule has 29 heavy (non-hydrogen) atoms. The molecule has 0 atom stereocenters. The molecule has 2 aromatic heterocycles. The molecule has 0 fully saturated rings. The Bertz CT molecular complexity index is 1080. The van der Waals surface area contributed by atoms with E-state index in [4.69, 9.17) is 34.8 Å². The average Bonchev–Trinajstić information content (AvgIpc) is 3.18. The first-order valence-corrected chi connectivity index (χ1v) is 9.51. The fourth-order valence-corrected chi connectivity index (χ4v) is 3.26. The number of nitrogens with zero attached hydrogens (tertiary/aromatic N) is 5. The van der Waals surface area contributed by atoms with E-state index in [1.54, 1.807) is 29.1 Å². The third-order valence-electron chi connectivity index (χ3n) is 4.01. The van der Waals surface area contributed by atoms with Crippen LogP contribution in [0.4, 0.5) is 11.5 Å². The molecule has 0 saturated carbocycles. The number of carbonyl (C=O) groups excluding carboxylic acids is 1. The number of anilines is 1. The van der Waals surface area contributed by atoms with Gasteiger partial charge in [0, 0.05) is 29.2 Å². The minimum Gasteiger partial charge on any atom is -0.308 e. The lowest BCUT2D eigenvalue weighted by atomic mass is 10.2. The zero-order valence-electron chi connectivity index (χ0n) is 15.1. The third-order valence-corrected chi connectivity index (χ3v) is 4.87. The molecule has 0 saturated heterocycles. The Balaban J connectivity index is 1.61. The van der Waals surface area contributed by atoms with Gasteiger partial charge in [-0.25, -0.2) is 0 Å². The highest BCUT2D eigenvalue weighted by molar-refractivity contribution is 6.35. The predicted octanol–water partition coefficient (Wildman–Crippen LogP) is 4.33. The SMILES string of the molecule is Cc1nn(CCC(=O)Nc2nn(Cc3ccc(Cl)cc3Cl)cc2Cl)cc1[N+](=O)[O-]. The summed E-state index contributed by atoms with van der Waals surface area (Å²) in [7, 11) is 0. The summed E-state index contributed by atoms with van der Waals surface area (Å²) in [5.41, 5.74) is 0.995. The molecule has 3 aromatic rings. The number of rotatable bonds is 7. The number of aryl methyl sites for hydroxylation is 2. The Morgan fingerprint density at radius 1 is 1.17 bits per heavy atom. The molecule has 1 amide bonds. The molecule has 0 aliphatic heterocycles. The number of halogens is 3. The Morgan fingerprint density at radius 2 is 1.93 bits per heavy atom. The summed E-state index contributed by atoms with van der Waals surface area (Å²) >= 11 is 18.2. The van der Waals surface area contributed by atoms with Crippen LogP contribution in [-0.4, -0.2) is 30.4 Å². The van der Waals surface area contributed by atoms with E-state index in [9.17, 15) is 14.9 Å². The quantitative estimate of drug-likeness (QED) is 0.419. The third kappa shape index (κ3) is 5.26. The summed E-state index contributed by atoms with van der Waals surface area (Å²) in [4.78, 5) is 22.5. The van der Waals surface area contributed by atoms with E-state index in [1.165, 1.54) is 17.8 Å². The molecule has 12 heteroatoms. The zero-order chi connectivity index (χ0) is 21.1. The van der Waals surface area contributed by atoms with Crippen LogP contribution in [0.3, 0.4) is 0 Å². The van der Waals surface area contributed by atoms with Gasteiger partial charge >= 0.3 is 5.69 Å². The molecule has 0 spiro atoms. The molecule has 152 valence electrons. The van der Waals surface area contributed by atoms with Crippen LogP contribution in [0.1, 0.15) is 17.7 Å². The minimum absolute atomic E-state index is 0.0461. The standard InChI is InChI=1S/C17H15Cl3N6O3/c1-10-15(26(28)29)9-24(22-10)5-4-16(27)21-17-14(20)8-25(23-17)7-11-2-3-12(18)6-13(11)19/h2-3,6,8-9H,4-5,7H2,1H3,(H,21,23,27). The van der Waals surface area contributed by atoms with Crippen LogP contribution in [0, 0.1) is 17.0 Å². The van der Waals surface area contributed by atoms with Crippen molar-refractivity contribution in [2.45, 2.75) is 26.4 Å². The van der Waals surface area contributed by atoms with Gasteiger partial charge in [-0.05, 0) is 24.6 Å². The smallest absolute Gasteiger partial charge is 0.308 e. The zero-order valence-corrected chi connectivity index (χ0v) is 17.4. The van der Waals surface area contributed by atoms with Gasteiger partial charge in [-0.3, -0.25) is 24.3 Å². The Morgan fingerprint density at radius 3 is 2.59 bits per heavy atom. The van der Waals surface area contributed by atoms with Crippen molar-refractivity contribution in [3.05, 3.63) is 67.0 Å². The summed E-state index contributed by atoms with van der Waals surface area (Å²) < 4.78 is 2.91. The molecule has 0 aliphatic rings. The van der Waals surface area contributed by atoms with Gasteiger partial charge in [0.05, 0.1) is 11.5 Å². The number of amides is 1. The summed E-state index contributed by atoms with van der Waals surface area (Å²) in [5, 5.41) is 23.1. The fourth-order valence-electron chi connectivity index (χ4n) is 2.60.